The van der Waals surface area contributed by atoms with E-state index in [9.17, 15) is 8.42 Å². The Hall–Kier alpha value is -0.820. The molecule has 0 fully saturated rings. The molecule has 0 bridgehead atoms. The Labute approximate surface area is 125 Å². The molecule has 0 aromatic heterocycles. The first kappa shape index (κ1) is 17.2. The summed E-state index contributed by atoms with van der Waals surface area (Å²) in [7, 11) is -2.08. The number of sulfonamides is 1. The van der Waals surface area contributed by atoms with Gasteiger partial charge in [0, 0.05) is 13.6 Å². The van der Waals surface area contributed by atoms with Crippen LogP contribution in [0.25, 0.3) is 0 Å². The van der Waals surface area contributed by atoms with Crippen molar-refractivity contribution in [3.63, 3.8) is 0 Å². The molecule has 0 amide bonds. The molecule has 0 saturated heterocycles. The largest absolute Gasteiger partial charge is 0.397 e. The summed E-state index contributed by atoms with van der Waals surface area (Å²) < 4.78 is 31.5. The molecule has 0 heterocycles. The molecule has 0 spiro atoms. The highest BCUT2D eigenvalue weighted by atomic mass is 35.5. The van der Waals surface area contributed by atoms with Gasteiger partial charge >= 0.3 is 0 Å². The fourth-order valence-electron chi connectivity index (χ4n) is 1.65. The van der Waals surface area contributed by atoms with Gasteiger partial charge in [0.25, 0.3) is 0 Å². The Bertz CT molecular complexity index is 573. The molecule has 0 aliphatic carbocycles. The van der Waals surface area contributed by atoms with Crippen molar-refractivity contribution in [1.82, 2.24) is 4.31 Å². The average Bonchev–Trinajstić information content (AvgIpc) is 2.32. The van der Waals surface area contributed by atoms with Crippen LogP contribution in [0.2, 0.25) is 5.02 Å². The number of nitrogen functional groups attached to an aromatic ring is 1. The molecule has 0 aliphatic heterocycles. The van der Waals surface area contributed by atoms with Gasteiger partial charge in [0.2, 0.25) is 10.0 Å². The molecule has 20 heavy (non-hydrogen) atoms. The molecule has 0 radical (unpaired) electrons. The third kappa shape index (κ3) is 4.09. The van der Waals surface area contributed by atoms with Crippen molar-refractivity contribution < 1.29 is 13.2 Å². The number of nitrogens with zero attached hydrogens (tertiary/aromatic N) is 1. The maximum atomic E-state index is 12.5. The van der Waals surface area contributed by atoms with Gasteiger partial charge in [-0.2, -0.15) is 4.31 Å². The van der Waals surface area contributed by atoms with Crippen molar-refractivity contribution in [2.75, 3.05) is 25.9 Å². The number of ether oxygens (including phenoxy) is 1. The topological polar surface area (TPSA) is 72.6 Å². The van der Waals surface area contributed by atoms with Crippen LogP contribution in [-0.2, 0) is 14.8 Å². The molecule has 1 aromatic carbocycles. The molecule has 1 rings (SSSR count). The van der Waals surface area contributed by atoms with Gasteiger partial charge in [-0.3, -0.25) is 0 Å². The van der Waals surface area contributed by atoms with Crippen molar-refractivity contribution in [3.05, 3.63) is 22.7 Å². The summed E-state index contributed by atoms with van der Waals surface area (Å²) in [5, 5.41) is 0.354. The molecule has 0 unspecified atom stereocenters. The van der Waals surface area contributed by atoms with E-state index in [4.69, 9.17) is 22.1 Å². The quantitative estimate of drug-likeness (QED) is 0.816. The third-order valence-corrected chi connectivity index (χ3v) is 5.17. The summed E-state index contributed by atoms with van der Waals surface area (Å²) in [6.45, 7) is 6.12. The summed E-state index contributed by atoms with van der Waals surface area (Å²) >= 11 is 5.88. The second-order valence-corrected chi connectivity index (χ2v) is 7.31. The van der Waals surface area contributed by atoms with Crippen LogP contribution >= 0.6 is 11.6 Å². The number of likely N-dealkylation sites (N-methyl/N-ethyl adjacent to an activating group) is 1. The lowest BCUT2D eigenvalue weighted by Gasteiger charge is -2.19. The van der Waals surface area contributed by atoms with Crippen molar-refractivity contribution in [2.24, 2.45) is 0 Å². The van der Waals surface area contributed by atoms with E-state index in [1.165, 1.54) is 17.4 Å². The second kappa shape index (κ2) is 6.76. The third-order valence-electron chi connectivity index (χ3n) is 2.84. The van der Waals surface area contributed by atoms with Crippen LogP contribution in [0.4, 0.5) is 5.69 Å². The first-order valence-electron chi connectivity index (χ1n) is 6.29. The summed E-state index contributed by atoms with van der Waals surface area (Å²) in [6, 6.07) is 2.95. The predicted octanol–water partition coefficient (Wildman–Crippen LogP) is 2.28. The molecular weight excluding hydrogens is 300 g/mol. The maximum absolute atomic E-state index is 12.5. The van der Waals surface area contributed by atoms with E-state index in [0.717, 1.165) is 0 Å². The zero-order valence-corrected chi connectivity index (χ0v) is 13.8. The van der Waals surface area contributed by atoms with Gasteiger partial charge in [-0.05, 0) is 38.5 Å². The predicted molar refractivity (Wildman–Crippen MR) is 81.5 cm³/mol. The minimum absolute atomic E-state index is 0.0685. The lowest BCUT2D eigenvalue weighted by atomic mass is 10.2. The average molecular weight is 321 g/mol. The standard InChI is InChI=1S/C13H21ClN2O3S/c1-9(2)19-6-5-16(4)20(17,18)13-8-12(15)11(14)7-10(13)3/h7-9H,5-6,15H2,1-4H3. The molecule has 7 heteroatoms. The van der Waals surface area contributed by atoms with E-state index in [1.54, 1.807) is 13.0 Å². The summed E-state index contributed by atoms with van der Waals surface area (Å²) in [5.41, 5.74) is 6.51. The van der Waals surface area contributed by atoms with Crippen LogP contribution in [0.1, 0.15) is 19.4 Å². The fourth-order valence-corrected chi connectivity index (χ4v) is 3.26. The van der Waals surface area contributed by atoms with Crippen LogP contribution < -0.4 is 5.73 Å². The Morgan fingerprint density at radius 3 is 2.55 bits per heavy atom. The first-order chi connectivity index (χ1) is 9.16. The van der Waals surface area contributed by atoms with E-state index in [0.29, 0.717) is 17.2 Å². The minimum atomic E-state index is -3.59. The molecule has 1 aromatic rings. The smallest absolute Gasteiger partial charge is 0.243 e. The SMILES string of the molecule is Cc1cc(Cl)c(N)cc1S(=O)(=O)N(C)CCOC(C)C. The number of nitrogens with two attached hydrogens (primary N) is 1. The van der Waals surface area contributed by atoms with Gasteiger partial charge in [-0.15, -0.1) is 0 Å². The lowest BCUT2D eigenvalue weighted by Crippen LogP contribution is -2.31. The van der Waals surface area contributed by atoms with Gasteiger partial charge in [0.1, 0.15) is 0 Å². The molecule has 5 nitrogen and oxygen atoms in total. The summed E-state index contributed by atoms with van der Waals surface area (Å²) in [4.78, 5) is 0.173. The van der Waals surface area contributed by atoms with E-state index >= 15 is 0 Å². The van der Waals surface area contributed by atoms with Crippen molar-refractivity contribution >= 4 is 27.3 Å². The van der Waals surface area contributed by atoms with Gasteiger partial charge in [0.05, 0.1) is 28.3 Å². The van der Waals surface area contributed by atoms with Gasteiger partial charge < -0.3 is 10.5 Å². The van der Waals surface area contributed by atoms with Crippen molar-refractivity contribution in [3.8, 4) is 0 Å². The van der Waals surface area contributed by atoms with Crippen LogP contribution in [-0.4, -0.2) is 39.0 Å². The van der Waals surface area contributed by atoms with E-state index < -0.39 is 10.0 Å². The van der Waals surface area contributed by atoms with Crippen LogP contribution in [0, 0.1) is 6.92 Å². The molecular formula is C13H21ClN2O3S. The van der Waals surface area contributed by atoms with Crippen LogP contribution in [0.3, 0.4) is 0 Å². The van der Waals surface area contributed by atoms with Crippen molar-refractivity contribution in [2.45, 2.75) is 31.8 Å². The van der Waals surface area contributed by atoms with E-state index in [1.807, 2.05) is 13.8 Å². The number of aryl methyl sites for hydroxylation is 1. The molecule has 2 N–H and O–H groups in total. The highest BCUT2D eigenvalue weighted by Gasteiger charge is 2.23. The van der Waals surface area contributed by atoms with Gasteiger partial charge in [-0.1, -0.05) is 11.6 Å². The van der Waals surface area contributed by atoms with Gasteiger partial charge in [-0.25, -0.2) is 8.42 Å². The zero-order valence-electron chi connectivity index (χ0n) is 12.2. The Kier molecular flexibility index (Phi) is 5.82. The van der Waals surface area contributed by atoms with Crippen LogP contribution in [0.5, 0.6) is 0 Å². The number of hydrogen-bond acceptors (Lipinski definition) is 4. The molecule has 0 atom stereocenters. The first-order valence-corrected chi connectivity index (χ1v) is 8.11. The van der Waals surface area contributed by atoms with Crippen molar-refractivity contribution in [1.29, 1.82) is 0 Å². The summed E-state index contributed by atoms with van der Waals surface area (Å²) in [5.74, 6) is 0. The Balaban J connectivity index is 2.96. The highest BCUT2D eigenvalue weighted by molar-refractivity contribution is 7.89. The minimum Gasteiger partial charge on any atom is -0.397 e. The fraction of sp³-hybridized carbons (Fsp3) is 0.538. The second-order valence-electron chi connectivity index (χ2n) is 4.89. The molecule has 0 aliphatic rings. The molecule has 0 saturated carbocycles. The number of hydrogen-bond donors (Lipinski definition) is 1. The van der Waals surface area contributed by atoms with Gasteiger partial charge in [0.15, 0.2) is 0 Å². The lowest BCUT2D eigenvalue weighted by molar-refractivity contribution is 0.0737. The monoisotopic (exact) mass is 320 g/mol. The van der Waals surface area contributed by atoms with E-state index in [-0.39, 0.29) is 23.2 Å². The Morgan fingerprint density at radius 2 is 2.00 bits per heavy atom. The molecule has 114 valence electrons. The zero-order chi connectivity index (χ0) is 15.5. The number of halogens is 1. The maximum Gasteiger partial charge on any atom is 0.243 e. The number of anilines is 1. The normalized spacial score (nSPS) is 12.3. The number of benzene rings is 1. The highest BCUT2D eigenvalue weighted by Crippen LogP contribution is 2.27. The Morgan fingerprint density at radius 1 is 1.40 bits per heavy atom. The van der Waals surface area contributed by atoms with Crippen LogP contribution in [0.15, 0.2) is 17.0 Å². The number of rotatable bonds is 6. The summed E-state index contributed by atoms with van der Waals surface area (Å²) in [6.07, 6.45) is 0.0685. The van der Waals surface area contributed by atoms with E-state index in [2.05, 4.69) is 0 Å².